The van der Waals surface area contributed by atoms with Gasteiger partial charge >= 0.3 is 0 Å². The number of carbonyl (C=O) groups is 1. The highest BCUT2D eigenvalue weighted by Crippen LogP contribution is 2.31. The molecule has 1 aliphatic rings. The van der Waals surface area contributed by atoms with Crippen LogP contribution < -0.4 is 9.47 Å². The highest BCUT2D eigenvalue weighted by Gasteiger charge is 2.25. The lowest BCUT2D eigenvalue weighted by atomic mass is 10.1. The van der Waals surface area contributed by atoms with E-state index in [1.807, 2.05) is 57.2 Å². The quantitative estimate of drug-likeness (QED) is 0.523. The van der Waals surface area contributed by atoms with Crippen LogP contribution in [0.4, 0.5) is 0 Å². The van der Waals surface area contributed by atoms with Gasteiger partial charge < -0.3 is 14.4 Å². The maximum Gasteiger partial charge on any atom is 0.233 e. The molecule has 9 heteroatoms. The molecule has 1 amide bonds. The zero-order chi connectivity index (χ0) is 21.8. The van der Waals surface area contributed by atoms with Crippen molar-refractivity contribution in [2.24, 2.45) is 0 Å². The van der Waals surface area contributed by atoms with Crippen molar-refractivity contribution in [3.8, 4) is 17.2 Å². The SMILES string of the molecule is CCN(CC1COc2ccccc2O1)C(=O)CSc1nnnn1-c1ccc(C)cc1C. The molecule has 0 aliphatic carbocycles. The number of aryl methyl sites for hydroxylation is 2. The molecular formula is C22H25N5O3S. The van der Waals surface area contributed by atoms with Crippen molar-refractivity contribution >= 4 is 17.7 Å². The first-order valence-corrected chi connectivity index (χ1v) is 11.2. The fourth-order valence-corrected chi connectivity index (χ4v) is 4.27. The summed E-state index contributed by atoms with van der Waals surface area (Å²) in [7, 11) is 0. The number of amides is 1. The van der Waals surface area contributed by atoms with E-state index in [2.05, 4.69) is 21.6 Å². The Hall–Kier alpha value is -3.07. The van der Waals surface area contributed by atoms with Crippen molar-refractivity contribution < 1.29 is 14.3 Å². The Morgan fingerprint density at radius 1 is 1.23 bits per heavy atom. The van der Waals surface area contributed by atoms with Crippen LogP contribution in [0.5, 0.6) is 11.5 Å². The topological polar surface area (TPSA) is 82.4 Å². The third-order valence-electron chi connectivity index (χ3n) is 5.07. The standard InChI is InChI=1S/C22H25N5O3S/c1-4-26(12-17-13-29-19-7-5-6-8-20(19)30-17)21(28)14-31-22-23-24-25-27(22)18-10-9-15(2)11-16(18)3/h5-11,17H,4,12-14H2,1-3H3. The lowest BCUT2D eigenvalue weighted by molar-refractivity contribution is -0.129. The van der Waals surface area contributed by atoms with Gasteiger partial charge in [-0.15, -0.1) is 5.10 Å². The fraction of sp³-hybridized carbons (Fsp3) is 0.364. The molecular weight excluding hydrogens is 414 g/mol. The Kier molecular flexibility index (Phi) is 6.41. The summed E-state index contributed by atoms with van der Waals surface area (Å²) in [4.78, 5) is 14.7. The van der Waals surface area contributed by atoms with Crippen LogP contribution in [0.15, 0.2) is 47.6 Å². The molecule has 2 heterocycles. The van der Waals surface area contributed by atoms with Gasteiger partial charge in [0.1, 0.15) is 6.61 Å². The number of hydrogen-bond donors (Lipinski definition) is 0. The second-order valence-electron chi connectivity index (χ2n) is 7.38. The van der Waals surface area contributed by atoms with Crippen molar-refractivity contribution in [3.63, 3.8) is 0 Å². The summed E-state index contributed by atoms with van der Waals surface area (Å²) in [5, 5.41) is 12.6. The number of para-hydroxylation sites is 2. The maximum absolute atomic E-state index is 12.9. The van der Waals surface area contributed by atoms with Crippen molar-refractivity contribution in [2.75, 3.05) is 25.4 Å². The minimum absolute atomic E-state index is 0.00476. The molecule has 0 radical (unpaired) electrons. The van der Waals surface area contributed by atoms with Gasteiger partial charge in [-0.3, -0.25) is 4.79 Å². The Balaban J connectivity index is 1.38. The third-order valence-corrected chi connectivity index (χ3v) is 5.98. The molecule has 1 unspecified atom stereocenters. The van der Waals surface area contributed by atoms with Crippen molar-refractivity contribution in [3.05, 3.63) is 53.6 Å². The van der Waals surface area contributed by atoms with Crippen LogP contribution in [0, 0.1) is 13.8 Å². The summed E-state index contributed by atoms with van der Waals surface area (Å²) >= 11 is 1.33. The molecule has 2 aromatic carbocycles. The lowest BCUT2D eigenvalue weighted by Crippen LogP contribution is -2.44. The van der Waals surface area contributed by atoms with Gasteiger partial charge in [0.15, 0.2) is 17.6 Å². The van der Waals surface area contributed by atoms with Gasteiger partial charge in [0.05, 0.1) is 18.0 Å². The van der Waals surface area contributed by atoms with Gasteiger partial charge in [0.2, 0.25) is 11.1 Å². The van der Waals surface area contributed by atoms with Crippen LogP contribution >= 0.6 is 11.8 Å². The van der Waals surface area contributed by atoms with Gasteiger partial charge in [-0.2, -0.15) is 4.68 Å². The minimum Gasteiger partial charge on any atom is -0.486 e. The van der Waals surface area contributed by atoms with Gasteiger partial charge in [0, 0.05) is 6.54 Å². The van der Waals surface area contributed by atoms with E-state index >= 15 is 0 Å². The Labute approximate surface area is 185 Å². The summed E-state index contributed by atoms with van der Waals surface area (Å²) in [5.41, 5.74) is 3.16. The first-order valence-electron chi connectivity index (χ1n) is 10.2. The van der Waals surface area contributed by atoms with E-state index in [0.717, 1.165) is 17.0 Å². The molecule has 3 aromatic rings. The van der Waals surface area contributed by atoms with Gasteiger partial charge in [-0.05, 0) is 55.0 Å². The predicted octanol–water partition coefficient (Wildman–Crippen LogP) is 3.06. The van der Waals surface area contributed by atoms with E-state index < -0.39 is 0 Å². The molecule has 31 heavy (non-hydrogen) atoms. The fourth-order valence-electron chi connectivity index (χ4n) is 3.49. The maximum atomic E-state index is 12.9. The second kappa shape index (κ2) is 9.38. The number of fused-ring (bicyclic) bond motifs is 1. The smallest absolute Gasteiger partial charge is 0.233 e. The van der Waals surface area contributed by atoms with E-state index in [0.29, 0.717) is 30.6 Å². The molecule has 0 N–H and O–H groups in total. The number of benzene rings is 2. The summed E-state index contributed by atoms with van der Waals surface area (Å²) < 4.78 is 13.4. The largest absolute Gasteiger partial charge is 0.486 e. The van der Waals surface area contributed by atoms with E-state index in [1.54, 1.807) is 9.58 Å². The average Bonchev–Trinajstić information content (AvgIpc) is 3.24. The van der Waals surface area contributed by atoms with Crippen LogP contribution in [-0.4, -0.2) is 62.6 Å². The van der Waals surface area contributed by atoms with Crippen LogP contribution in [0.1, 0.15) is 18.1 Å². The summed E-state index contributed by atoms with van der Waals surface area (Å²) in [6, 6.07) is 13.7. The number of tetrazole rings is 1. The second-order valence-corrected chi connectivity index (χ2v) is 8.32. The van der Waals surface area contributed by atoms with Crippen molar-refractivity contribution in [1.82, 2.24) is 25.1 Å². The van der Waals surface area contributed by atoms with Gasteiger partial charge in [-0.25, -0.2) is 0 Å². The van der Waals surface area contributed by atoms with Crippen LogP contribution in [0.3, 0.4) is 0 Å². The normalized spacial score (nSPS) is 15.0. The number of hydrogen-bond acceptors (Lipinski definition) is 7. The Morgan fingerprint density at radius 2 is 2.03 bits per heavy atom. The van der Waals surface area contributed by atoms with Gasteiger partial charge in [0.25, 0.3) is 0 Å². The molecule has 0 saturated heterocycles. The van der Waals surface area contributed by atoms with Crippen LogP contribution in [-0.2, 0) is 4.79 Å². The van der Waals surface area contributed by atoms with E-state index in [-0.39, 0.29) is 17.8 Å². The van der Waals surface area contributed by atoms with Crippen LogP contribution in [0.2, 0.25) is 0 Å². The molecule has 1 atom stereocenters. The molecule has 4 rings (SSSR count). The predicted molar refractivity (Wildman–Crippen MR) is 118 cm³/mol. The molecule has 8 nitrogen and oxygen atoms in total. The monoisotopic (exact) mass is 439 g/mol. The molecule has 0 saturated carbocycles. The Bertz CT molecular complexity index is 1070. The minimum atomic E-state index is -0.204. The number of ether oxygens (including phenoxy) is 2. The van der Waals surface area contributed by atoms with Crippen molar-refractivity contribution in [1.29, 1.82) is 0 Å². The van der Waals surface area contributed by atoms with Crippen molar-refractivity contribution in [2.45, 2.75) is 32.0 Å². The number of aromatic nitrogens is 4. The van der Waals surface area contributed by atoms with Crippen LogP contribution in [0.25, 0.3) is 5.69 Å². The first-order chi connectivity index (χ1) is 15.0. The Morgan fingerprint density at radius 3 is 2.81 bits per heavy atom. The third kappa shape index (κ3) is 4.82. The average molecular weight is 440 g/mol. The number of carbonyl (C=O) groups excluding carboxylic acids is 1. The summed E-state index contributed by atoms with van der Waals surface area (Å²) in [5.74, 6) is 1.69. The molecule has 0 spiro atoms. The molecule has 1 aliphatic heterocycles. The summed E-state index contributed by atoms with van der Waals surface area (Å²) in [6.45, 7) is 7.49. The molecule has 162 valence electrons. The molecule has 0 bridgehead atoms. The number of likely N-dealkylation sites (N-methyl/N-ethyl adjacent to an activating group) is 1. The first kappa shape index (κ1) is 21.2. The number of thioether (sulfide) groups is 1. The highest BCUT2D eigenvalue weighted by atomic mass is 32.2. The highest BCUT2D eigenvalue weighted by molar-refractivity contribution is 7.99. The molecule has 0 fully saturated rings. The zero-order valence-corrected chi connectivity index (χ0v) is 18.6. The van der Waals surface area contributed by atoms with E-state index in [4.69, 9.17) is 9.47 Å². The number of nitrogens with zero attached hydrogens (tertiary/aromatic N) is 5. The van der Waals surface area contributed by atoms with E-state index in [1.165, 1.54) is 17.3 Å². The molecule has 1 aromatic heterocycles. The summed E-state index contributed by atoms with van der Waals surface area (Å²) in [6.07, 6.45) is -0.204. The van der Waals surface area contributed by atoms with E-state index in [9.17, 15) is 4.79 Å². The lowest BCUT2D eigenvalue weighted by Gasteiger charge is -2.30. The zero-order valence-electron chi connectivity index (χ0n) is 17.8. The van der Waals surface area contributed by atoms with Gasteiger partial charge in [-0.1, -0.05) is 41.6 Å². The number of rotatable bonds is 7.